The Kier molecular flexibility index (Phi) is 5.36. The van der Waals surface area contributed by atoms with Crippen LogP contribution in [0.5, 0.6) is 0 Å². The quantitative estimate of drug-likeness (QED) is 0.830. The van der Waals surface area contributed by atoms with E-state index in [1.165, 1.54) is 0 Å². The summed E-state index contributed by atoms with van der Waals surface area (Å²) in [5, 5.41) is 1.98. The molecule has 1 amide bonds. The molecular formula is C18H26N4OS. The molecule has 3 rings (SSSR count). The van der Waals surface area contributed by atoms with Gasteiger partial charge in [0, 0.05) is 25.1 Å². The molecule has 0 unspecified atom stereocenters. The zero-order valence-electron chi connectivity index (χ0n) is 14.2. The number of fused-ring (bicyclic) bond motifs is 1. The number of nitrogens with two attached hydrogens (primary N) is 2. The number of thiophene rings is 1. The van der Waals surface area contributed by atoms with Crippen LogP contribution in [0.15, 0.2) is 22.0 Å². The highest BCUT2D eigenvalue weighted by molar-refractivity contribution is 7.11. The molecule has 1 fully saturated rings. The molecule has 1 aromatic heterocycles. The van der Waals surface area contributed by atoms with Crippen molar-refractivity contribution >= 4 is 34.8 Å². The SMILES string of the molecule is CCCN(CC1CC(CN)C1)C(=O)C1=Cc2sccc2N=C(N)C1. The molecule has 1 aromatic rings. The summed E-state index contributed by atoms with van der Waals surface area (Å²) in [5.41, 5.74) is 13.3. The van der Waals surface area contributed by atoms with E-state index in [2.05, 4.69) is 11.9 Å². The Morgan fingerprint density at radius 3 is 2.92 bits per heavy atom. The van der Waals surface area contributed by atoms with E-state index in [4.69, 9.17) is 11.5 Å². The number of rotatable bonds is 6. The van der Waals surface area contributed by atoms with Crippen LogP contribution in [-0.2, 0) is 4.79 Å². The molecule has 130 valence electrons. The van der Waals surface area contributed by atoms with Gasteiger partial charge in [0.1, 0.15) is 5.84 Å². The maximum Gasteiger partial charge on any atom is 0.250 e. The standard InChI is InChI=1S/C18H26N4OS/c1-2-4-22(11-13-6-12(7-13)10-19)18(23)14-8-16-15(3-5-24-16)21-17(20)9-14/h3,5,8,12-13H,2,4,6-7,9-11,19H2,1H3,(H2,20,21). The Labute approximate surface area is 147 Å². The Balaban J connectivity index is 1.74. The molecule has 1 saturated carbocycles. The second-order valence-corrected chi connectivity index (χ2v) is 7.76. The van der Waals surface area contributed by atoms with Gasteiger partial charge in [-0.3, -0.25) is 4.79 Å². The van der Waals surface area contributed by atoms with Crippen LogP contribution in [0.1, 0.15) is 37.5 Å². The van der Waals surface area contributed by atoms with Crippen LogP contribution in [0.3, 0.4) is 0 Å². The third kappa shape index (κ3) is 3.70. The van der Waals surface area contributed by atoms with Crippen molar-refractivity contribution in [2.24, 2.45) is 28.3 Å². The van der Waals surface area contributed by atoms with Crippen molar-refractivity contribution in [2.75, 3.05) is 19.6 Å². The predicted molar refractivity (Wildman–Crippen MR) is 100 cm³/mol. The Morgan fingerprint density at radius 1 is 1.42 bits per heavy atom. The van der Waals surface area contributed by atoms with Crippen molar-refractivity contribution in [3.05, 3.63) is 21.9 Å². The van der Waals surface area contributed by atoms with Crippen LogP contribution in [0.4, 0.5) is 5.69 Å². The number of nitrogens with zero attached hydrogens (tertiary/aromatic N) is 2. The third-order valence-corrected chi connectivity index (χ3v) is 5.67. The predicted octanol–water partition coefficient (Wildman–Crippen LogP) is 2.75. The summed E-state index contributed by atoms with van der Waals surface area (Å²) in [4.78, 5) is 20.5. The lowest BCUT2D eigenvalue weighted by molar-refractivity contribution is -0.128. The van der Waals surface area contributed by atoms with Crippen molar-refractivity contribution in [3.63, 3.8) is 0 Å². The first-order valence-corrected chi connectivity index (χ1v) is 9.59. The van der Waals surface area contributed by atoms with E-state index in [1.807, 2.05) is 22.4 Å². The van der Waals surface area contributed by atoms with Crippen molar-refractivity contribution < 1.29 is 4.79 Å². The minimum atomic E-state index is 0.104. The first-order chi connectivity index (χ1) is 11.6. The Hall–Kier alpha value is -1.66. The van der Waals surface area contributed by atoms with Crippen LogP contribution in [0, 0.1) is 11.8 Å². The first-order valence-electron chi connectivity index (χ1n) is 8.71. The molecule has 1 aliphatic heterocycles. The molecule has 0 aromatic carbocycles. The van der Waals surface area contributed by atoms with E-state index in [0.29, 0.717) is 24.1 Å². The number of amidine groups is 1. The fourth-order valence-electron chi connectivity index (χ4n) is 3.53. The topological polar surface area (TPSA) is 84.7 Å². The highest BCUT2D eigenvalue weighted by Gasteiger charge is 2.31. The molecule has 6 heteroatoms. The molecule has 0 radical (unpaired) electrons. The summed E-state index contributed by atoms with van der Waals surface area (Å²) in [6, 6.07) is 1.95. The molecule has 0 saturated heterocycles. The van der Waals surface area contributed by atoms with Crippen LogP contribution >= 0.6 is 11.3 Å². The van der Waals surface area contributed by atoms with E-state index in [1.54, 1.807) is 11.3 Å². The zero-order valence-corrected chi connectivity index (χ0v) is 15.0. The average molecular weight is 347 g/mol. The highest BCUT2D eigenvalue weighted by Crippen LogP contribution is 2.35. The second-order valence-electron chi connectivity index (χ2n) is 6.81. The summed E-state index contributed by atoms with van der Waals surface area (Å²) in [7, 11) is 0. The van der Waals surface area contributed by atoms with Crippen LogP contribution in [0.25, 0.3) is 6.08 Å². The van der Waals surface area contributed by atoms with Gasteiger partial charge in [-0.1, -0.05) is 6.92 Å². The lowest BCUT2D eigenvalue weighted by Crippen LogP contribution is -2.42. The number of amides is 1. The largest absolute Gasteiger partial charge is 0.387 e. The maximum atomic E-state index is 13.1. The number of hydrogen-bond acceptors (Lipinski definition) is 5. The van der Waals surface area contributed by atoms with Gasteiger partial charge in [0.25, 0.3) is 0 Å². The van der Waals surface area contributed by atoms with Gasteiger partial charge < -0.3 is 16.4 Å². The van der Waals surface area contributed by atoms with Crippen molar-refractivity contribution in [1.82, 2.24) is 4.90 Å². The maximum absolute atomic E-state index is 13.1. The lowest BCUT2D eigenvalue weighted by Gasteiger charge is -2.38. The van der Waals surface area contributed by atoms with E-state index in [9.17, 15) is 4.79 Å². The third-order valence-electron chi connectivity index (χ3n) is 4.82. The Bertz CT molecular complexity index is 658. The summed E-state index contributed by atoms with van der Waals surface area (Å²) >= 11 is 1.60. The number of carbonyl (C=O) groups excluding carboxylic acids is 1. The molecule has 2 aliphatic rings. The molecule has 24 heavy (non-hydrogen) atoms. The van der Waals surface area contributed by atoms with Gasteiger partial charge in [-0.15, -0.1) is 11.3 Å². The van der Waals surface area contributed by atoms with Gasteiger partial charge in [0.2, 0.25) is 5.91 Å². The van der Waals surface area contributed by atoms with Gasteiger partial charge in [0.15, 0.2) is 0 Å². The molecule has 0 spiro atoms. The smallest absolute Gasteiger partial charge is 0.250 e. The van der Waals surface area contributed by atoms with Gasteiger partial charge in [-0.05, 0) is 55.2 Å². The first kappa shape index (κ1) is 17.2. The lowest BCUT2D eigenvalue weighted by atomic mass is 9.74. The molecule has 2 heterocycles. The molecule has 0 bridgehead atoms. The second kappa shape index (κ2) is 7.49. The van der Waals surface area contributed by atoms with Gasteiger partial charge in [0.05, 0.1) is 10.6 Å². The minimum absolute atomic E-state index is 0.104. The fraction of sp³-hybridized carbons (Fsp3) is 0.556. The molecule has 5 nitrogen and oxygen atoms in total. The number of aliphatic imine (C=N–C) groups is 1. The summed E-state index contributed by atoms with van der Waals surface area (Å²) < 4.78 is 0. The van der Waals surface area contributed by atoms with Crippen LogP contribution in [-0.4, -0.2) is 36.3 Å². The average Bonchev–Trinajstić information content (AvgIpc) is 2.88. The minimum Gasteiger partial charge on any atom is -0.387 e. The summed E-state index contributed by atoms with van der Waals surface area (Å²) in [6.45, 7) is 4.49. The fourth-order valence-corrected chi connectivity index (χ4v) is 4.31. The number of hydrogen-bond donors (Lipinski definition) is 2. The van der Waals surface area contributed by atoms with E-state index in [-0.39, 0.29) is 5.91 Å². The molecule has 1 aliphatic carbocycles. The molecule has 0 atom stereocenters. The van der Waals surface area contributed by atoms with E-state index in [0.717, 1.165) is 55.0 Å². The van der Waals surface area contributed by atoms with E-state index >= 15 is 0 Å². The van der Waals surface area contributed by atoms with Gasteiger partial charge >= 0.3 is 0 Å². The van der Waals surface area contributed by atoms with Crippen LogP contribution < -0.4 is 11.5 Å². The molecular weight excluding hydrogens is 320 g/mol. The zero-order chi connectivity index (χ0) is 17.1. The van der Waals surface area contributed by atoms with Crippen molar-refractivity contribution in [1.29, 1.82) is 0 Å². The highest BCUT2D eigenvalue weighted by atomic mass is 32.1. The van der Waals surface area contributed by atoms with Crippen LogP contribution in [0.2, 0.25) is 0 Å². The summed E-state index contributed by atoms with van der Waals surface area (Å²) in [6.07, 6.45) is 5.64. The van der Waals surface area contributed by atoms with Crippen molar-refractivity contribution in [2.45, 2.75) is 32.6 Å². The van der Waals surface area contributed by atoms with Crippen molar-refractivity contribution in [3.8, 4) is 0 Å². The Morgan fingerprint density at radius 2 is 2.21 bits per heavy atom. The van der Waals surface area contributed by atoms with Gasteiger partial charge in [-0.2, -0.15) is 0 Å². The normalized spacial score (nSPS) is 22.8. The van der Waals surface area contributed by atoms with Gasteiger partial charge in [-0.25, -0.2) is 4.99 Å². The monoisotopic (exact) mass is 346 g/mol. The number of carbonyl (C=O) groups is 1. The molecule has 4 N–H and O–H groups in total. The summed E-state index contributed by atoms with van der Waals surface area (Å²) in [5.74, 6) is 1.84. The van der Waals surface area contributed by atoms with E-state index < -0.39 is 0 Å².